The number of rotatable bonds is 5. The third kappa shape index (κ3) is 4.81. The molecule has 1 unspecified atom stereocenters. The molecule has 0 saturated carbocycles. The fraction of sp³-hybridized carbons (Fsp3) is 0.375. The van der Waals surface area contributed by atoms with E-state index in [4.69, 9.17) is 5.73 Å². The monoisotopic (exact) mass is 171 g/mol. The van der Waals surface area contributed by atoms with Crippen LogP contribution >= 0.6 is 11.8 Å². The summed E-state index contributed by atoms with van der Waals surface area (Å²) in [5.41, 5.74) is 5.42. The van der Waals surface area contributed by atoms with Gasteiger partial charge >= 0.3 is 0 Å². The van der Waals surface area contributed by atoms with Crippen LogP contribution in [0.25, 0.3) is 0 Å². The van der Waals surface area contributed by atoms with Crippen LogP contribution in [0.2, 0.25) is 0 Å². The van der Waals surface area contributed by atoms with E-state index >= 15 is 0 Å². The lowest BCUT2D eigenvalue weighted by molar-refractivity contribution is -0.108. The highest BCUT2D eigenvalue weighted by Crippen LogP contribution is 2.16. The van der Waals surface area contributed by atoms with Gasteiger partial charge in [-0.2, -0.15) is 0 Å². The number of hydrogen-bond acceptors (Lipinski definition) is 3. The molecule has 0 aliphatic carbocycles. The van der Waals surface area contributed by atoms with Gasteiger partial charge in [-0.1, -0.05) is 18.7 Å². The van der Waals surface area contributed by atoms with E-state index < -0.39 is 0 Å². The molecule has 2 N–H and O–H groups in total. The number of allylic oxidation sites excluding steroid dienone is 2. The van der Waals surface area contributed by atoms with Crippen LogP contribution in [-0.4, -0.2) is 18.6 Å². The summed E-state index contributed by atoms with van der Waals surface area (Å²) in [6.45, 7) is 3.56. The van der Waals surface area contributed by atoms with E-state index in [1.165, 1.54) is 0 Å². The summed E-state index contributed by atoms with van der Waals surface area (Å²) < 4.78 is 0. The van der Waals surface area contributed by atoms with Gasteiger partial charge in [0.15, 0.2) is 0 Å². The SMILES string of the molecule is C=C/C=C(/CC(N)C=O)SC. The van der Waals surface area contributed by atoms with Gasteiger partial charge in [0.25, 0.3) is 0 Å². The first kappa shape index (κ1) is 10.5. The van der Waals surface area contributed by atoms with Crippen molar-refractivity contribution in [3.63, 3.8) is 0 Å². The minimum atomic E-state index is -0.381. The van der Waals surface area contributed by atoms with Crippen molar-refractivity contribution in [3.05, 3.63) is 23.6 Å². The molecule has 0 aromatic carbocycles. The maximum Gasteiger partial charge on any atom is 0.137 e. The van der Waals surface area contributed by atoms with Crippen molar-refractivity contribution in [2.75, 3.05) is 6.26 Å². The topological polar surface area (TPSA) is 43.1 Å². The number of aldehydes is 1. The number of thioether (sulfide) groups is 1. The Morgan fingerprint density at radius 1 is 1.82 bits per heavy atom. The fourth-order valence-electron chi connectivity index (χ4n) is 0.631. The van der Waals surface area contributed by atoms with Crippen LogP contribution in [0.15, 0.2) is 23.6 Å². The normalized spacial score (nSPS) is 14.2. The Kier molecular flexibility index (Phi) is 5.88. The minimum Gasteiger partial charge on any atom is -0.321 e. The molecule has 0 fully saturated rings. The smallest absolute Gasteiger partial charge is 0.137 e. The zero-order chi connectivity index (χ0) is 8.69. The van der Waals surface area contributed by atoms with Crippen molar-refractivity contribution < 1.29 is 4.79 Å². The van der Waals surface area contributed by atoms with Gasteiger partial charge in [-0.15, -0.1) is 11.8 Å². The van der Waals surface area contributed by atoms with E-state index in [0.717, 1.165) is 11.2 Å². The lowest BCUT2D eigenvalue weighted by Crippen LogP contribution is -2.21. The zero-order valence-electron chi connectivity index (χ0n) is 6.62. The number of nitrogens with two attached hydrogens (primary N) is 1. The zero-order valence-corrected chi connectivity index (χ0v) is 7.43. The summed E-state index contributed by atoms with van der Waals surface area (Å²) in [5.74, 6) is 0. The Morgan fingerprint density at radius 3 is 2.82 bits per heavy atom. The Bertz CT molecular complexity index is 165. The van der Waals surface area contributed by atoms with Crippen LogP contribution in [0.1, 0.15) is 6.42 Å². The molecule has 0 aromatic rings. The van der Waals surface area contributed by atoms with E-state index in [1.54, 1.807) is 17.8 Å². The van der Waals surface area contributed by atoms with Crippen LogP contribution in [0.4, 0.5) is 0 Å². The summed E-state index contributed by atoms with van der Waals surface area (Å²) >= 11 is 1.59. The molecule has 0 aromatic heterocycles. The third-order valence-electron chi connectivity index (χ3n) is 1.18. The van der Waals surface area contributed by atoms with E-state index in [0.29, 0.717) is 6.42 Å². The Morgan fingerprint density at radius 2 is 2.45 bits per heavy atom. The Labute approximate surface area is 71.5 Å². The third-order valence-corrected chi connectivity index (χ3v) is 2.00. The van der Waals surface area contributed by atoms with Crippen LogP contribution in [0.3, 0.4) is 0 Å². The number of carbonyl (C=O) groups is 1. The molecule has 0 bridgehead atoms. The van der Waals surface area contributed by atoms with Crippen molar-refractivity contribution >= 4 is 18.0 Å². The van der Waals surface area contributed by atoms with Crippen LogP contribution in [-0.2, 0) is 4.79 Å². The van der Waals surface area contributed by atoms with E-state index in [-0.39, 0.29) is 6.04 Å². The number of hydrogen-bond donors (Lipinski definition) is 1. The summed E-state index contributed by atoms with van der Waals surface area (Å²) in [6, 6.07) is -0.381. The predicted molar refractivity (Wildman–Crippen MR) is 50.5 cm³/mol. The Balaban J connectivity index is 3.96. The molecule has 0 saturated heterocycles. The van der Waals surface area contributed by atoms with Crippen LogP contribution < -0.4 is 5.73 Å². The van der Waals surface area contributed by atoms with Gasteiger partial charge in [0, 0.05) is 6.42 Å². The second-order valence-corrected chi connectivity index (χ2v) is 3.01. The van der Waals surface area contributed by atoms with Crippen molar-refractivity contribution in [3.8, 4) is 0 Å². The highest BCUT2D eigenvalue weighted by Gasteiger charge is 2.02. The summed E-state index contributed by atoms with van der Waals surface area (Å²) in [6.07, 6.45) is 6.88. The summed E-state index contributed by atoms with van der Waals surface area (Å²) in [5, 5.41) is 0. The van der Waals surface area contributed by atoms with Crippen molar-refractivity contribution in [1.82, 2.24) is 0 Å². The highest BCUT2D eigenvalue weighted by atomic mass is 32.2. The maximum atomic E-state index is 10.2. The molecule has 2 nitrogen and oxygen atoms in total. The van der Waals surface area contributed by atoms with E-state index in [2.05, 4.69) is 6.58 Å². The molecule has 11 heavy (non-hydrogen) atoms. The molecule has 0 aliphatic heterocycles. The quantitative estimate of drug-likeness (QED) is 0.501. The first-order chi connectivity index (χ1) is 5.24. The summed E-state index contributed by atoms with van der Waals surface area (Å²) in [4.78, 5) is 11.3. The van der Waals surface area contributed by atoms with E-state index in [9.17, 15) is 4.79 Å². The second kappa shape index (κ2) is 6.19. The molecule has 62 valence electrons. The first-order valence-electron chi connectivity index (χ1n) is 3.31. The molecular formula is C8H13NOS. The average molecular weight is 171 g/mol. The molecule has 1 atom stereocenters. The minimum absolute atomic E-state index is 0.381. The van der Waals surface area contributed by atoms with Gasteiger partial charge in [-0.3, -0.25) is 0 Å². The molecule has 0 spiro atoms. The summed E-state index contributed by atoms with van der Waals surface area (Å²) in [7, 11) is 0. The van der Waals surface area contributed by atoms with Gasteiger partial charge in [-0.25, -0.2) is 0 Å². The Hall–Kier alpha value is -0.540. The highest BCUT2D eigenvalue weighted by molar-refractivity contribution is 8.02. The molecule has 0 aliphatic rings. The predicted octanol–water partition coefficient (Wildman–Crippen LogP) is 1.34. The maximum absolute atomic E-state index is 10.2. The molecule has 0 radical (unpaired) electrons. The van der Waals surface area contributed by atoms with E-state index in [1.807, 2.05) is 12.3 Å². The lowest BCUT2D eigenvalue weighted by atomic mass is 10.2. The van der Waals surface area contributed by atoms with Crippen molar-refractivity contribution in [2.24, 2.45) is 5.73 Å². The van der Waals surface area contributed by atoms with Crippen LogP contribution in [0, 0.1) is 0 Å². The molecule has 3 heteroatoms. The molecule has 0 heterocycles. The van der Waals surface area contributed by atoms with Gasteiger partial charge in [0.2, 0.25) is 0 Å². The fourth-order valence-corrected chi connectivity index (χ4v) is 1.22. The molecule has 0 amide bonds. The van der Waals surface area contributed by atoms with Crippen molar-refractivity contribution in [1.29, 1.82) is 0 Å². The van der Waals surface area contributed by atoms with Crippen LogP contribution in [0.5, 0.6) is 0 Å². The van der Waals surface area contributed by atoms with Crippen molar-refractivity contribution in [2.45, 2.75) is 12.5 Å². The standard InChI is InChI=1S/C8H13NOS/c1-3-4-8(11-2)5-7(9)6-10/h3-4,6-7H,1,5,9H2,2H3/b8-4-. The van der Waals surface area contributed by atoms with Gasteiger partial charge in [0.05, 0.1) is 6.04 Å². The molecular weight excluding hydrogens is 158 g/mol. The molecule has 0 rings (SSSR count). The lowest BCUT2D eigenvalue weighted by Gasteiger charge is -2.04. The number of carbonyl (C=O) groups excluding carboxylic acids is 1. The van der Waals surface area contributed by atoms with Gasteiger partial charge in [0.1, 0.15) is 6.29 Å². The first-order valence-corrected chi connectivity index (χ1v) is 4.53. The van der Waals surface area contributed by atoms with Gasteiger partial charge < -0.3 is 10.5 Å². The largest absolute Gasteiger partial charge is 0.321 e. The van der Waals surface area contributed by atoms with Gasteiger partial charge in [-0.05, 0) is 11.2 Å². The average Bonchev–Trinajstić information content (AvgIpc) is 2.03. The second-order valence-electron chi connectivity index (χ2n) is 2.08.